The van der Waals surface area contributed by atoms with Crippen LogP contribution >= 0.6 is 0 Å². The molecule has 0 saturated heterocycles. The Balaban J connectivity index is 0.000000117. The third-order valence-corrected chi connectivity index (χ3v) is 23.4. The Morgan fingerprint density at radius 1 is 0.363 bits per heavy atom. The van der Waals surface area contributed by atoms with Crippen LogP contribution in [-0.2, 0) is 9.84 Å². The molecular formula is C94H77N17O12S. The Kier molecular flexibility index (Phi) is 22.5. The van der Waals surface area contributed by atoms with E-state index >= 15 is 0 Å². The van der Waals surface area contributed by atoms with E-state index in [0.717, 1.165) is 106 Å². The zero-order valence-corrected chi connectivity index (χ0v) is 67.5. The minimum absolute atomic E-state index is 0.0364. The standard InChI is InChI=1S/C26H24N4O4S.C23H18N4O3.C23H18N4O2.C22H17N5O3/c1-16(2)35(33,34)23-11-8-18(14-28-23)17-5-3-6-20(13-17)30-15-22(26(32)29-19-9-10-19)24(31)21-7-4-12-27-25(21)30;28-21-19-5-2-10-24-22(19)27(14-20(21)23(29)25-17-6-7-17)18-4-1-3-16(13-18)15-8-11-26(30)12-9-15;28-21-19-5-2-10-25-22(19)27(14-20(21)23(29)26-17-6-7-17)18-4-1-3-16(13-18)15-8-11-24-12-9-15;28-20-18-5-2-8-24-21(18)27(12-19(20)22(29)25-16-6-7-16)17-4-1-3-14(9-17)15-10-23-13-26(30)11-15/h3-8,11-16,19H,9-10H2,1-2H3,(H,29,32);1-5,8-14,17H,6-7H2,(H,25,29);1-5,8-14,17H,6-7H2,(H,26,29);1-5,8-13,16H,6-7H2,(H,25,29). The SMILES string of the molecule is CC(C)S(=O)(=O)c1ccc(-c2cccc(-n3cc(C(=O)NC4CC4)c(=O)c4cccnc43)c2)cn1.O=C(NC1CC1)c1cn(-c2cccc(-c3cc[n+]([O-])cc3)c2)c2ncccc2c1=O.O=C(NC1CC1)c1cn(-c2cccc(-c3ccncc3)c2)c2ncccc2c1=O.O=C(NC1CC1)c1cn(-c2cccc(-c3cnc[n+]([O-])c3)c2)c2ncccc2c1=O. The van der Waals surface area contributed by atoms with Crippen molar-refractivity contribution in [2.24, 2.45) is 0 Å². The van der Waals surface area contributed by atoms with Crippen molar-refractivity contribution in [1.29, 1.82) is 0 Å². The highest BCUT2D eigenvalue weighted by Crippen LogP contribution is 2.31. The first-order valence-electron chi connectivity index (χ1n) is 40.2. The van der Waals surface area contributed by atoms with Crippen molar-refractivity contribution in [1.82, 2.24) is 74.4 Å². The summed E-state index contributed by atoms with van der Waals surface area (Å²) in [6.07, 6.45) is 32.3. The summed E-state index contributed by atoms with van der Waals surface area (Å²) >= 11 is 0. The second-order valence-electron chi connectivity index (χ2n) is 30.7. The molecule has 20 rings (SSSR count). The molecule has 30 heteroatoms. The van der Waals surface area contributed by atoms with E-state index in [0.29, 0.717) is 65.8 Å². The van der Waals surface area contributed by atoms with E-state index in [-0.39, 0.29) is 96.8 Å². The van der Waals surface area contributed by atoms with Gasteiger partial charge in [0.05, 0.1) is 32.4 Å². The van der Waals surface area contributed by atoms with Gasteiger partial charge in [-0.2, -0.15) is 4.73 Å². The Morgan fingerprint density at radius 2 is 0.694 bits per heavy atom. The quantitative estimate of drug-likeness (QED) is 0.0458. The van der Waals surface area contributed by atoms with Gasteiger partial charge in [0.25, 0.3) is 30.0 Å². The molecule has 4 saturated carbocycles. The lowest BCUT2D eigenvalue weighted by molar-refractivity contribution is -0.608. The highest BCUT2D eigenvalue weighted by Gasteiger charge is 2.31. The molecule has 4 aliphatic rings. The molecule has 4 aliphatic carbocycles. The van der Waals surface area contributed by atoms with Crippen molar-refractivity contribution in [3.63, 3.8) is 0 Å². The summed E-state index contributed by atoms with van der Waals surface area (Å²) in [5.41, 5.74) is 10.7. The Labute approximate surface area is 706 Å². The molecule has 12 heterocycles. The van der Waals surface area contributed by atoms with Crippen LogP contribution in [0.5, 0.6) is 0 Å². The maximum Gasteiger partial charge on any atom is 0.289 e. The first kappa shape index (κ1) is 80.7. The molecule has 0 spiro atoms. The Bertz CT molecular complexity index is 7280. The highest BCUT2D eigenvalue weighted by atomic mass is 32.2. The average molecular weight is 1670 g/mol. The Morgan fingerprint density at radius 3 is 1.01 bits per heavy atom. The summed E-state index contributed by atoms with van der Waals surface area (Å²) in [5.74, 6) is -1.46. The average Bonchev–Trinajstić information content (AvgIpc) is 1.23. The van der Waals surface area contributed by atoms with E-state index in [4.69, 9.17) is 0 Å². The van der Waals surface area contributed by atoms with Crippen LogP contribution in [0.4, 0.5) is 0 Å². The molecule has 616 valence electrons. The number of nitrogens with one attached hydrogen (secondary N) is 4. The number of carbonyl (C=O) groups is 4. The summed E-state index contributed by atoms with van der Waals surface area (Å²) in [5, 5.41) is 35.5. The second-order valence-corrected chi connectivity index (χ2v) is 33.1. The summed E-state index contributed by atoms with van der Waals surface area (Å²) in [7, 11) is -3.46. The van der Waals surface area contributed by atoms with Gasteiger partial charge in [-0.1, -0.05) is 53.5 Å². The fourth-order valence-corrected chi connectivity index (χ4v) is 15.0. The topological polar surface area (TPSA) is 383 Å². The van der Waals surface area contributed by atoms with Crippen LogP contribution in [0.3, 0.4) is 0 Å². The van der Waals surface area contributed by atoms with E-state index in [1.54, 1.807) is 150 Å². The fraction of sp³-hybridized carbons (Fsp3) is 0.160. The van der Waals surface area contributed by atoms with E-state index in [1.807, 2.05) is 114 Å². The number of pyridine rings is 11. The van der Waals surface area contributed by atoms with Crippen LogP contribution in [0.1, 0.15) is 107 Å². The summed E-state index contributed by atoms with van der Waals surface area (Å²) in [6.45, 7) is 3.24. The lowest BCUT2D eigenvalue weighted by atomic mass is 10.1. The summed E-state index contributed by atoms with van der Waals surface area (Å²) in [4.78, 5) is 132. The number of hydrogen-bond acceptors (Lipinski definition) is 19. The molecule has 124 heavy (non-hydrogen) atoms. The lowest BCUT2D eigenvalue weighted by Gasteiger charge is -2.14. The molecule has 0 unspecified atom stereocenters. The van der Waals surface area contributed by atoms with Crippen LogP contribution in [-0.4, -0.2) is 115 Å². The van der Waals surface area contributed by atoms with Crippen molar-refractivity contribution in [2.75, 3.05) is 0 Å². The minimum Gasteiger partial charge on any atom is -0.711 e. The molecule has 12 aromatic heterocycles. The normalized spacial score (nSPS) is 13.5. The van der Waals surface area contributed by atoms with E-state index in [2.05, 4.69) is 56.2 Å². The van der Waals surface area contributed by atoms with Crippen molar-refractivity contribution in [3.05, 3.63) is 355 Å². The van der Waals surface area contributed by atoms with Gasteiger partial charge in [0, 0.05) is 133 Å². The molecule has 0 bridgehead atoms. The number of amides is 4. The maximum absolute atomic E-state index is 13.0. The second kappa shape index (κ2) is 34.5. The maximum atomic E-state index is 13.0. The predicted octanol–water partition coefficient (Wildman–Crippen LogP) is 11.4. The van der Waals surface area contributed by atoms with Gasteiger partial charge in [-0.15, -0.1) is 0 Å². The number of carbonyl (C=O) groups excluding carboxylic acids is 4. The van der Waals surface area contributed by atoms with Crippen molar-refractivity contribution < 1.29 is 37.1 Å². The van der Waals surface area contributed by atoms with E-state index in [1.165, 1.54) is 49.6 Å². The smallest absolute Gasteiger partial charge is 0.289 e. The zero-order valence-electron chi connectivity index (χ0n) is 66.7. The minimum atomic E-state index is -3.46. The van der Waals surface area contributed by atoms with E-state index < -0.39 is 15.1 Å². The molecule has 4 amide bonds. The van der Waals surface area contributed by atoms with Gasteiger partial charge in [0.1, 0.15) is 51.0 Å². The summed E-state index contributed by atoms with van der Waals surface area (Å²) < 4.78 is 33.2. The van der Waals surface area contributed by atoms with Crippen molar-refractivity contribution in [2.45, 2.75) is 99.7 Å². The molecule has 16 aromatic rings. The van der Waals surface area contributed by atoms with Crippen LogP contribution < -0.4 is 52.4 Å². The number of rotatable bonds is 18. The number of nitrogens with zero attached hydrogens (tertiary/aromatic N) is 13. The monoisotopic (exact) mass is 1670 g/mol. The van der Waals surface area contributed by atoms with Gasteiger partial charge >= 0.3 is 0 Å². The van der Waals surface area contributed by atoms with Crippen LogP contribution in [0.2, 0.25) is 0 Å². The van der Waals surface area contributed by atoms with Crippen LogP contribution in [0.25, 0.3) is 111 Å². The largest absolute Gasteiger partial charge is 0.711 e. The molecule has 4 fully saturated rings. The van der Waals surface area contributed by atoms with Crippen molar-refractivity contribution in [3.8, 4) is 67.3 Å². The van der Waals surface area contributed by atoms with Gasteiger partial charge in [0.15, 0.2) is 33.5 Å². The zero-order chi connectivity index (χ0) is 85.9. The fourth-order valence-electron chi connectivity index (χ4n) is 14.0. The molecule has 0 atom stereocenters. The molecule has 4 aromatic carbocycles. The van der Waals surface area contributed by atoms with Gasteiger partial charge in [-0.3, -0.25) is 43.3 Å². The van der Waals surface area contributed by atoms with E-state index in [9.17, 15) is 57.2 Å². The predicted molar refractivity (Wildman–Crippen MR) is 467 cm³/mol. The number of hydrogen-bond donors (Lipinski definition) is 4. The number of sulfone groups is 1. The third-order valence-electron chi connectivity index (χ3n) is 21.3. The first-order valence-corrected chi connectivity index (χ1v) is 41.7. The van der Waals surface area contributed by atoms with Gasteiger partial charge in [-0.05, 0) is 220 Å². The number of aromatic nitrogens is 13. The number of benzene rings is 4. The van der Waals surface area contributed by atoms with Crippen LogP contribution in [0, 0.1) is 10.4 Å². The first-order chi connectivity index (χ1) is 60.2. The van der Waals surface area contributed by atoms with Gasteiger partial charge in [-0.25, -0.2) is 38.1 Å². The number of fused-ring (bicyclic) bond motifs is 4. The molecule has 4 N–H and O–H groups in total. The van der Waals surface area contributed by atoms with Gasteiger partial charge in [0.2, 0.25) is 21.7 Å². The molecule has 29 nitrogen and oxygen atoms in total. The van der Waals surface area contributed by atoms with Gasteiger partial charge < -0.3 is 50.0 Å². The molecule has 0 aliphatic heterocycles. The third kappa shape index (κ3) is 17.7. The highest BCUT2D eigenvalue weighted by molar-refractivity contribution is 7.91. The lowest BCUT2D eigenvalue weighted by Crippen LogP contribution is -2.31. The Hall–Kier alpha value is -15.7. The van der Waals surface area contributed by atoms with Crippen LogP contribution in [0.15, 0.2) is 305 Å². The molecular weight excluding hydrogens is 1590 g/mol. The summed E-state index contributed by atoms with van der Waals surface area (Å²) in [6, 6.07) is 55.1. The van der Waals surface area contributed by atoms with Crippen molar-refractivity contribution >= 4 is 77.6 Å². The molecule has 0 radical (unpaired) electrons.